The summed E-state index contributed by atoms with van der Waals surface area (Å²) < 4.78 is 13.1. The smallest absolute Gasteiger partial charge is 0.410 e. The Morgan fingerprint density at radius 3 is 2.18 bits per heavy atom. The third-order valence-corrected chi connectivity index (χ3v) is 5.17. The van der Waals surface area contributed by atoms with Gasteiger partial charge in [0.25, 0.3) is 0 Å². The number of nitrogens with zero attached hydrogens (tertiary/aromatic N) is 1. The Hall–Kier alpha value is -2.82. The summed E-state index contributed by atoms with van der Waals surface area (Å²) in [5.41, 5.74) is 4.47. The van der Waals surface area contributed by atoms with E-state index in [1.165, 1.54) is 4.90 Å². The summed E-state index contributed by atoms with van der Waals surface area (Å²) in [5.74, 6) is -1.05. The molecule has 1 aliphatic carbocycles. The molecule has 0 saturated carbocycles. The largest absolute Gasteiger partial charge is 0.480 e. The molecule has 0 spiro atoms. The van der Waals surface area contributed by atoms with Crippen LogP contribution in [0.4, 0.5) is 4.79 Å². The van der Waals surface area contributed by atoms with Gasteiger partial charge < -0.3 is 9.84 Å². The van der Waals surface area contributed by atoms with Crippen molar-refractivity contribution in [2.75, 3.05) is 13.2 Å². The zero-order valence-corrected chi connectivity index (χ0v) is 16.3. The Morgan fingerprint density at radius 2 is 1.68 bits per heavy atom. The van der Waals surface area contributed by atoms with Crippen molar-refractivity contribution in [2.45, 2.75) is 39.1 Å². The van der Waals surface area contributed by atoms with Crippen LogP contribution in [0.2, 0.25) is 0 Å². The van der Waals surface area contributed by atoms with Gasteiger partial charge in [0.1, 0.15) is 12.6 Å². The number of aliphatic carboxylic acids is 1. The van der Waals surface area contributed by atoms with Gasteiger partial charge >= 0.3 is 12.1 Å². The lowest BCUT2D eigenvalue weighted by atomic mass is 9.98. The number of fused-ring (bicyclic) bond motifs is 3. The van der Waals surface area contributed by atoms with E-state index in [0.717, 1.165) is 22.3 Å². The zero-order chi connectivity index (χ0) is 21.0. The molecule has 148 valence electrons. The minimum Gasteiger partial charge on any atom is -0.480 e. The molecule has 0 radical (unpaired) electrons. The normalized spacial score (nSPS) is 14.2. The molecule has 0 saturated heterocycles. The SMILES string of the molecule is [2H]CCN(C(=O)OCC1c2ccccc2-c2ccccc21)[C@@H](CC(C)C)C(=O)O. The van der Waals surface area contributed by atoms with Gasteiger partial charge in [-0.2, -0.15) is 0 Å². The Balaban J connectivity index is 1.79. The van der Waals surface area contributed by atoms with E-state index < -0.39 is 18.1 Å². The number of hydrogen-bond acceptors (Lipinski definition) is 3. The summed E-state index contributed by atoms with van der Waals surface area (Å²) in [4.78, 5) is 25.7. The predicted molar refractivity (Wildman–Crippen MR) is 108 cm³/mol. The number of carboxylic acid groups (broad SMARTS) is 1. The van der Waals surface area contributed by atoms with Crippen molar-refractivity contribution in [2.24, 2.45) is 5.92 Å². The maximum atomic E-state index is 12.8. The molecule has 5 nitrogen and oxygen atoms in total. The Kier molecular flexibility index (Phi) is 5.60. The third-order valence-electron chi connectivity index (χ3n) is 5.17. The second-order valence-electron chi connectivity index (χ2n) is 7.48. The summed E-state index contributed by atoms with van der Waals surface area (Å²) in [5, 5.41) is 9.60. The minimum absolute atomic E-state index is 0.0281. The molecule has 2 aromatic carbocycles. The Labute approximate surface area is 167 Å². The molecule has 5 heteroatoms. The second-order valence-corrected chi connectivity index (χ2v) is 7.48. The van der Waals surface area contributed by atoms with Gasteiger partial charge in [-0.25, -0.2) is 9.59 Å². The third kappa shape index (κ3) is 3.88. The lowest BCUT2D eigenvalue weighted by molar-refractivity contribution is -0.143. The molecule has 0 heterocycles. The van der Waals surface area contributed by atoms with Crippen molar-refractivity contribution < 1.29 is 20.8 Å². The van der Waals surface area contributed by atoms with Gasteiger partial charge in [0.05, 0.1) is 0 Å². The number of carbonyl (C=O) groups excluding carboxylic acids is 1. The summed E-state index contributed by atoms with van der Waals surface area (Å²) in [6.07, 6.45) is -0.355. The number of rotatable bonds is 7. The minimum atomic E-state index is -1.07. The van der Waals surface area contributed by atoms with Gasteiger partial charge in [-0.05, 0) is 41.5 Å². The fraction of sp³-hybridized carbons (Fsp3) is 0.391. The number of likely N-dealkylation sites (N-methyl/N-ethyl adjacent to an activating group) is 1. The summed E-state index contributed by atoms with van der Waals surface area (Å²) in [7, 11) is 0. The first-order valence-electron chi connectivity index (χ1n) is 10.3. The van der Waals surface area contributed by atoms with Crippen LogP contribution < -0.4 is 0 Å². The van der Waals surface area contributed by atoms with Gasteiger partial charge in [-0.15, -0.1) is 0 Å². The predicted octanol–water partition coefficient (Wildman–Crippen LogP) is 4.76. The number of amides is 1. The van der Waals surface area contributed by atoms with Gasteiger partial charge in [-0.3, -0.25) is 4.90 Å². The maximum absolute atomic E-state index is 12.8. The van der Waals surface area contributed by atoms with Gasteiger partial charge in [0, 0.05) is 13.8 Å². The highest BCUT2D eigenvalue weighted by Gasteiger charge is 2.33. The van der Waals surface area contributed by atoms with E-state index in [-0.39, 0.29) is 31.9 Å². The quantitative estimate of drug-likeness (QED) is 0.750. The van der Waals surface area contributed by atoms with Crippen molar-refractivity contribution in [3.8, 4) is 11.1 Å². The molecule has 0 unspecified atom stereocenters. The molecule has 0 fully saturated rings. The Morgan fingerprint density at radius 1 is 1.11 bits per heavy atom. The molecule has 1 N–H and O–H groups in total. The highest BCUT2D eigenvalue weighted by atomic mass is 16.6. The van der Waals surface area contributed by atoms with Crippen molar-refractivity contribution in [1.29, 1.82) is 0 Å². The van der Waals surface area contributed by atoms with E-state index in [1.807, 2.05) is 50.2 Å². The molecule has 0 aromatic heterocycles. The van der Waals surface area contributed by atoms with Crippen LogP contribution in [0.25, 0.3) is 11.1 Å². The molecule has 1 atom stereocenters. The summed E-state index contributed by atoms with van der Waals surface area (Å²) >= 11 is 0. The fourth-order valence-corrected chi connectivity index (χ4v) is 3.86. The van der Waals surface area contributed by atoms with Crippen LogP contribution >= 0.6 is 0 Å². The van der Waals surface area contributed by atoms with E-state index in [1.54, 1.807) is 0 Å². The molecule has 28 heavy (non-hydrogen) atoms. The fourth-order valence-electron chi connectivity index (χ4n) is 3.86. The molecular formula is C23H27NO4. The molecule has 1 aliphatic rings. The van der Waals surface area contributed by atoms with Gasteiger partial charge in [-0.1, -0.05) is 62.4 Å². The van der Waals surface area contributed by atoms with Crippen LogP contribution in [0.5, 0.6) is 0 Å². The lowest BCUT2D eigenvalue weighted by Crippen LogP contribution is -2.46. The van der Waals surface area contributed by atoms with Crippen molar-refractivity contribution in [3.05, 3.63) is 59.7 Å². The number of carboxylic acids is 1. The van der Waals surface area contributed by atoms with Crippen molar-refractivity contribution in [3.63, 3.8) is 0 Å². The lowest BCUT2D eigenvalue weighted by Gasteiger charge is -2.28. The van der Waals surface area contributed by atoms with Crippen LogP contribution in [0, 0.1) is 5.92 Å². The number of ether oxygens (including phenoxy) is 1. The molecule has 2 aromatic rings. The van der Waals surface area contributed by atoms with Crippen LogP contribution in [0.1, 0.15) is 45.6 Å². The maximum Gasteiger partial charge on any atom is 0.410 e. The van der Waals surface area contributed by atoms with Crippen LogP contribution in [0.3, 0.4) is 0 Å². The standard InChI is InChI=1S/C23H27NO4/c1-4-24(21(22(25)26)13-15(2)3)23(27)28-14-20-18-11-7-5-9-16(18)17-10-6-8-12-19(17)20/h5-12,15,20-21H,4,13-14H2,1-3H3,(H,25,26)/t21-/m0/s1/i1D. The number of benzene rings is 2. The number of carbonyl (C=O) groups is 2. The molecule has 0 aliphatic heterocycles. The van der Waals surface area contributed by atoms with E-state index in [4.69, 9.17) is 6.11 Å². The molecule has 0 bridgehead atoms. The summed E-state index contributed by atoms with van der Waals surface area (Å²) in [6.45, 7) is 3.90. The van der Waals surface area contributed by atoms with Crippen molar-refractivity contribution in [1.82, 2.24) is 4.90 Å². The first kappa shape index (κ1) is 18.5. The monoisotopic (exact) mass is 382 g/mol. The molecular weight excluding hydrogens is 354 g/mol. The van der Waals surface area contributed by atoms with Crippen LogP contribution in [-0.4, -0.2) is 41.3 Å². The van der Waals surface area contributed by atoms with Crippen molar-refractivity contribution >= 4 is 12.1 Å². The topological polar surface area (TPSA) is 66.8 Å². The second kappa shape index (κ2) is 8.46. The summed E-state index contributed by atoms with van der Waals surface area (Å²) in [6, 6.07) is 15.1. The first-order valence-corrected chi connectivity index (χ1v) is 9.57. The molecule has 3 rings (SSSR count). The number of hydrogen-bond donors (Lipinski definition) is 1. The average Bonchev–Trinajstić information content (AvgIpc) is 3.02. The van der Waals surface area contributed by atoms with E-state index in [9.17, 15) is 14.7 Å². The van der Waals surface area contributed by atoms with E-state index in [0.29, 0.717) is 6.42 Å². The van der Waals surface area contributed by atoms with Gasteiger partial charge in [0.15, 0.2) is 0 Å². The zero-order valence-electron chi connectivity index (χ0n) is 17.3. The van der Waals surface area contributed by atoms with Crippen LogP contribution in [0.15, 0.2) is 48.5 Å². The van der Waals surface area contributed by atoms with E-state index >= 15 is 0 Å². The highest BCUT2D eigenvalue weighted by molar-refractivity contribution is 5.81. The van der Waals surface area contributed by atoms with Crippen LogP contribution in [-0.2, 0) is 9.53 Å². The van der Waals surface area contributed by atoms with E-state index in [2.05, 4.69) is 12.1 Å². The average molecular weight is 382 g/mol. The Bertz CT molecular complexity index is 837. The highest BCUT2D eigenvalue weighted by Crippen LogP contribution is 2.44. The van der Waals surface area contributed by atoms with Gasteiger partial charge in [0.2, 0.25) is 0 Å². The first-order chi connectivity index (χ1) is 13.9. The molecule has 1 amide bonds.